The quantitative estimate of drug-likeness (QED) is 0.835. The summed E-state index contributed by atoms with van der Waals surface area (Å²) in [6.07, 6.45) is 0. The first-order valence-corrected chi connectivity index (χ1v) is 7.77. The molecule has 1 aliphatic heterocycles. The summed E-state index contributed by atoms with van der Waals surface area (Å²) in [7, 11) is 0. The van der Waals surface area contributed by atoms with Crippen LogP contribution in [0.3, 0.4) is 0 Å². The van der Waals surface area contributed by atoms with Crippen LogP contribution in [-0.4, -0.2) is 28.8 Å². The van der Waals surface area contributed by atoms with Crippen LogP contribution in [0.2, 0.25) is 0 Å². The van der Waals surface area contributed by atoms with Gasteiger partial charge in [-0.15, -0.1) is 0 Å². The van der Waals surface area contributed by atoms with E-state index in [1.54, 1.807) is 23.1 Å². The molecule has 1 N–H and O–H groups in total. The number of alkyl halides is 3. The van der Waals surface area contributed by atoms with Crippen LogP contribution < -0.4 is 15.0 Å². The van der Waals surface area contributed by atoms with Gasteiger partial charge in [0.2, 0.25) is 0 Å². The summed E-state index contributed by atoms with van der Waals surface area (Å²) in [6, 6.07) is 4.92. The van der Waals surface area contributed by atoms with E-state index in [-0.39, 0.29) is 18.4 Å². The fourth-order valence-electron chi connectivity index (χ4n) is 2.05. The highest BCUT2D eigenvalue weighted by Crippen LogP contribution is 2.36. The minimum atomic E-state index is -2.06. The molecule has 5 nitrogen and oxygen atoms in total. The number of carbonyl (C=O) groups excluding carboxylic acids is 2. The summed E-state index contributed by atoms with van der Waals surface area (Å²) in [6.45, 7) is 4.57. The second kappa shape index (κ2) is 6.52. The van der Waals surface area contributed by atoms with Crippen molar-refractivity contribution in [1.29, 1.82) is 0 Å². The van der Waals surface area contributed by atoms with E-state index in [2.05, 4.69) is 5.32 Å². The summed E-state index contributed by atoms with van der Waals surface area (Å²) in [5.74, 6) is -0.0385. The highest BCUT2D eigenvalue weighted by molar-refractivity contribution is 6.76. The molecule has 1 aliphatic rings. The monoisotopic (exact) mass is 364 g/mol. The maximum atomic E-state index is 12.0. The molecule has 8 heteroatoms. The highest BCUT2D eigenvalue weighted by Gasteiger charge is 2.31. The van der Waals surface area contributed by atoms with Crippen molar-refractivity contribution in [2.24, 2.45) is 5.92 Å². The summed E-state index contributed by atoms with van der Waals surface area (Å²) in [4.78, 5) is 25.4. The number of halogens is 3. The predicted molar refractivity (Wildman–Crippen MR) is 88.0 cm³/mol. The number of fused-ring (bicyclic) bond motifs is 1. The topological polar surface area (TPSA) is 58.6 Å². The van der Waals surface area contributed by atoms with E-state index >= 15 is 0 Å². The number of hydrogen-bond acceptors (Lipinski definition) is 3. The number of carbonyl (C=O) groups is 2. The van der Waals surface area contributed by atoms with Crippen LogP contribution in [0.25, 0.3) is 0 Å². The molecule has 0 spiro atoms. The Morgan fingerprint density at radius 3 is 2.68 bits per heavy atom. The third kappa shape index (κ3) is 3.97. The zero-order valence-corrected chi connectivity index (χ0v) is 14.3. The minimum Gasteiger partial charge on any atom is -0.482 e. The van der Waals surface area contributed by atoms with Gasteiger partial charge in [-0.1, -0.05) is 48.7 Å². The summed E-state index contributed by atoms with van der Waals surface area (Å²) >= 11 is 16.6. The Balaban J connectivity index is 2.30. The number of nitrogens with zero attached hydrogens (tertiary/aromatic N) is 1. The lowest BCUT2D eigenvalue weighted by Gasteiger charge is -2.31. The van der Waals surface area contributed by atoms with Crippen molar-refractivity contribution in [3.8, 4) is 5.75 Å². The maximum absolute atomic E-state index is 12.0. The lowest BCUT2D eigenvalue weighted by molar-refractivity contribution is -0.121. The smallest absolute Gasteiger partial charge is 0.276 e. The Labute approximate surface area is 143 Å². The van der Waals surface area contributed by atoms with Crippen LogP contribution in [-0.2, 0) is 9.59 Å². The van der Waals surface area contributed by atoms with Crippen molar-refractivity contribution in [1.82, 2.24) is 0 Å². The van der Waals surface area contributed by atoms with Gasteiger partial charge in [0.25, 0.3) is 15.6 Å². The lowest BCUT2D eigenvalue weighted by atomic mass is 10.1. The fraction of sp³-hybridized carbons (Fsp3) is 0.429. The Bertz CT molecular complexity index is 599. The molecule has 120 valence electrons. The molecule has 0 saturated heterocycles. The van der Waals surface area contributed by atoms with E-state index in [1.807, 2.05) is 13.8 Å². The van der Waals surface area contributed by atoms with E-state index in [0.29, 0.717) is 23.7 Å². The molecule has 0 bridgehead atoms. The molecule has 2 rings (SSSR count). The highest BCUT2D eigenvalue weighted by atomic mass is 35.6. The molecule has 1 aromatic carbocycles. The SMILES string of the molecule is CC(C)CN1C(=O)COc2ccc(NC(=O)C(Cl)(Cl)Cl)cc21. The van der Waals surface area contributed by atoms with Gasteiger partial charge in [0.15, 0.2) is 6.61 Å². The molecular weight excluding hydrogens is 351 g/mol. The van der Waals surface area contributed by atoms with Gasteiger partial charge in [0.1, 0.15) is 5.75 Å². The normalized spacial score (nSPS) is 14.6. The fourth-order valence-corrected chi connectivity index (χ4v) is 2.19. The zero-order valence-electron chi connectivity index (χ0n) is 12.0. The molecule has 0 unspecified atom stereocenters. The number of rotatable bonds is 3. The number of benzene rings is 1. The molecule has 1 aromatic rings. The van der Waals surface area contributed by atoms with Gasteiger partial charge in [-0.25, -0.2) is 0 Å². The van der Waals surface area contributed by atoms with Crippen molar-refractivity contribution in [2.45, 2.75) is 17.6 Å². The van der Waals surface area contributed by atoms with Crippen molar-refractivity contribution >= 4 is 58.0 Å². The second-order valence-electron chi connectivity index (χ2n) is 5.32. The predicted octanol–water partition coefficient (Wildman–Crippen LogP) is 3.38. The van der Waals surface area contributed by atoms with E-state index in [9.17, 15) is 9.59 Å². The first-order valence-electron chi connectivity index (χ1n) is 6.64. The molecule has 2 amide bonds. The Hall–Kier alpha value is -1.17. The van der Waals surface area contributed by atoms with Crippen LogP contribution in [0.4, 0.5) is 11.4 Å². The van der Waals surface area contributed by atoms with E-state index in [1.165, 1.54) is 0 Å². The maximum Gasteiger partial charge on any atom is 0.276 e. The molecule has 0 fully saturated rings. The van der Waals surface area contributed by atoms with Crippen molar-refractivity contribution in [3.05, 3.63) is 18.2 Å². The standard InChI is InChI=1S/C14H15Cl3N2O3/c1-8(2)6-19-10-5-9(18-13(21)14(15,16)17)3-4-11(10)22-7-12(19)20/h3-5,8H,6-7H2,1-2H3,(H,18,21). The molecule has 0 aromatic heterocycles. The van der Waals surface area contributed by atoms with Crippen LogP contribution in [0.5, 0.6) is 5.75 Å². The van der Waals surface area contributed by atoms with E-state index < -0.39 is 9.70 Å². The Morgan fingerprint density at radius 2 is 2.09 bits per heavy atom. The molecule has 22 heavy (non-hydrogen) atoms. The zero-order chi connectivity index (χ0) is 16.5. The van der Waals surface area contributed by atoms with Crippen LogP contribution >= 0.6 is 34.8 Å². The molecule has 0 atom stereocenters. The molecule has 0 saturated carbocycles. The number of amides is 2. The van der Waals surface area contributed by atoms with Gasteiger partial charge in [-0.3, -0.25) is 9.59 Å². The van der Waals surface area contributed by atoms with Gasteiger partial charge in [-0.05, 0) is 24.1 Å². The van der Waals surface area contributed by atoms with Gasteiger partial charge < -0.3 is 15.0 Å². The van der Waals surface area contributed by atoms with E-state index in [4.69, 9.17) is 39.5 Å². The largest absolute Gasteiger partial charge is 0.482 e. The first-order chi connectivity index (χ1) is 10.2. The van der Waals surface area contributed by atoms with Crippen molar-refractivity contribution in [3.63, 3.8) is 0 Å². The Morgan fingerprint density at radius 1 is 1.41 bits per heavy atom. The summed E-state index contributed by atoms with van der Waals surface area (Å²) in [5, 5.41) is 2.49. The van der Waals surface area contributed by atoms with Crippen molar-refractivity contribution in [2.75, 3.05) is 23.4 Å². The molecule has 0 radical (unpaired) electrons. The first kappa shape index (κ1) is 17.2. The average Bonchev–Trinajstić information content (AvgIpc) is 2.41. The molecule has 1 heterocycles. The lowest BCUT2D eigenvalue weighted by Crippen LogP contribution is -2.41. The van der Waals surface area contributed by atoms with E-state index in [0.717, 1.165) is 0 Å². The second-order valence-corrected chi connectivity index (χ2v) is 7.60. The number of nitrogens with one attached hydrogen (secondary N) is 1. The van der Waals surface area contributed by atoms with Crippen molar-refractivity contribution < 1.29 is 14.3 Å². The molecular formula is C14H15Cl3N2O3. The number of ether oxygens (including phenoxy) is 1. The van der Waals surface area contributed by atoms with Crippen LogP contribution in [0.1, 0.15) is 13.8 Å². The summed E-state index contributed by atoms with van der Waals surface area (Å²) < 4.78 is 3.34. The minimum absolute atomic E-state index is 0.000420. The third-order valence-electron chi connectivity index (χ3n) is 2.96. The van der Waals surface area contributed by atoms with Gasteiger partial charge in [-0.2, -0.15) is 0 Å². The van der Waals surface area contributed by atoms with Gasteiger partial charge in [0.05, 0.1) is 5.69 Å². The third-order valence-corrected chi connectivity index (χ3v) is 3.48. The average molecular weight is 366 g/mol. The molecule has 0 aliphatic carbocycles. The van der Waals surface area contributed by atoms with Crippen LogP contribution in [0.15, 0.2) is 18.2 Å². The Kier molecular flexibility index (Phi) is 5.10. The summed E-state index contributed by atoms with van der Waals surface area (Å²) in [5.41, 5.74) is 1.01. The van der Waals surface area contributed by atoms with Gasteiger partial charge in [0, 0.05) is 12.2 Å². The number of anilines is 2. The number of hydrogen-bond donors (Lipinski definition) is 1. The van der Waals surface area contributed by atoms with Crippen LogP contribution in [0, 0.1) is 5.92 Å². The van der Waals surface area contributed by atoms with Gasteiger partial charge >= 0.3 is 0 Å².